The highest BCUT2D eigenvalue weighted by molar-refractivity contribution is 5.65. The predicted molar refractivity (Wildman–Crippen MR) is 121 cm³/mol. The molecule has 0 saturated carbocycles. The van der Waals surface area contributed by atoms with Crippen LogP contribution in [0, 0.1) is 18.6 Å². The van der Waals surface area contributed by atoms with Gasteiger partial charge < -0.3 is 15.0 Å². The lowest BCUT2D eigenvalue weighted by molar-refractivity contribution is -0.0380. The van der Waals surface area contributed by atoms with E-state index in [4.69, 9.17) is 4.74 Å². The minimum atomic E-state index is -0.660. The standard InChI is InChI=1S/C23H26F2N6O.H2/c1-15-5-19(27-23-26-14-31(28-23)21-8-17(24)7-18(25)9-21)10-20(6-15)30-12-22(13-30)29-3-4-32-16(2)11-29;/h5-10,14,16,22H,3-4,11-13H2,1-2H3,(H,27,28);1H/t16-;/m0./s1. The highest BCUT2D eigenvalue weighted by atomic mass is 19.1. The van der Waals surface area contributed by atoms with Crippen LogP contribution in [0.25, 0.3) is 5.69 Å². The van der Waals surface area contributed by atoms with Crippen molar-refractivity contribution in [2.24, 2.45) is 0 Å². The summed E-state index contributed by atoms with van der Waals surface area (Å²) in [7, 11) is 0. The van der Waals surface area contributed by atoms with Gasteiger partial charge in [0, 0.05) is 51.1 Å². The Kier molecular flexibility index (Phi) is 5.52. The number of anilines is 3. The van der Waals surface area contributed by atoms with Crippen molar-refractivity contribution in [2.75, 3.05) is 43.0 Å². The van der Waals surface area contributed by atoms with E-state index in [2.05, 4.69) is 51.2 Å². The minimum Gasteiger partial charge on any atom is -0.376 e. The van der Waals surface area contributed by atoms with Gasteiger partial charge in [-0.3, -0.25) is 4.90 Å². The minimum absolute atomic E-state index is 0. The molecule has 2 aliphatic heterocycles. The Morgan fingerprint density at radius 2 is 1.81 bits per heavy atom. The van der Waals surface area contributed by atoms with Gasteiger partial charge in [-0.25, -0.2) is 13.5 Å². The number of ether oxygens (including phenoxy) is 1. The quantitative estimate of drug-likeness (QED) is 0.650. The summed E-state index contributed by atoms with van der Waals surface area (Å²) in [6, 6.07) is 10.1. The average Bonchev–Trinajstić information content (AvgIpc) is 3.14. The van der Waals surface area contributed by atoms with E-state index in [0.29, 0.717) is 18.1 Å². The van der Waals surface area contributed by atoms with Gasteiger partial charge in [0.25, 0.3) is 0 Å². The number of benzene rings is 2. The van der Waals surface area contributed by atoms with Crippen molar-refractivity contribution in [2.45, 2.75) is 26.0 Å². The van der Waals surface area contributed by atoms with Crippen LogP contribution in [0.2, 0.25) is 0 Å². The number of morpholine rings is 1. The number of aromatic nitrogens is 3. The smallest absolute Gasteiger partial charge is 0.246 e. The van der Waals surface area contributed by atoms with Crippen molar-refractivity contribution < 1.29 is 14.9 Å². The molecule has 3 heterocycles. The molecule has 0 bridgehead atoms. The Balaban J connectivity index is 0.00000259. The van der Waals surface area contributed by atoms with E-state index in [1.54, 1.807) is 0 Å². The molecule has 2 fully saturated rings. The monoisotopic (exact) mass is 442 g/mol. The molecule has 5 rings (SSSR count). The van der Waals surface area contributed by atoms with Gasteiger partial charge in [0.2, 0.25) is 5.95 Å². The zero-order chi connectivity index (χ0) is 22.2. The summed E-state index contributed by atoms with van der Waals surface area (Å²) >= 11 is 0. The van der Waals surface area contributed by atoms with Crippen molar-refractivity contribution in [3.8, 4) is 5.69 Å². The first-order valence-electron chi connectivity index (χ1n) is 10.8. The van der Waals surface area contributed by atoms with Crippen LogP contribution in [0.3, 0.4) is 0 Å². The van der Waals surface area contributed by atoms with Crippen LogP contribution in [-0.4, -0.2) is 64.6 Å². The van der Waals surface area contributed by atoms with Crippen molar-refractivity contribution in [3.05, 3.63) is 59.9 Å². The molecular weight excluding hydrogens is 414 g/mol. The first-order chi connectivity index (χ1) is 15.4. The number of nitrogens with zero attached hydrogens (tertiary/aromatic N) is 5. The molecule has 2 aliphatic rings. The highest BCUT2D eigenvalue weighted by Crippen LogP contribution is 2.29. The molecule has 0 unspecified atom stereocenters. The Morgan fingerprint density at radius 1 is 1.03 bits per heavy atom. The van der Waals surface area contributed by atoms with E-state index >= 15 is 0 Å². The molecule has 7 nitrogen and oxygen atoms in total. The molecule has 32 heavy (non-hydrogen) atoms. The molecule has 2 saturated heterocycles. The third kappa shape index (κ3) is 4.44. The van der Waals surface area contributed by atoms with Gasteiger partial charge in [-0.05, 0) is 49.7 Å². The van der Waals surface area contributed by atoms with Gasteiger partial charge in [-0.15, -0.1) is 5.10 Å². The fraction of sp³-hybridized carbons (Fsp3) is 0.391. The van der Waals surface area contributed by atoms with E-state index in [1.807, 2.05) is 6.07 Å². The highest BCUT2D eigenvalue weighted by Gasteiger charge is 2.34. The number of aryl methyl sites for hydroxylation is 1. The van der Waals surface area contributed by atoms with E-state index in [9.17, 15) is 8.78 Å². The van der Waals surface area contributed by atoms with Crippen molar-refractivity contribution >= 4 is 17.3 Å². The normalized spacial score (nSPS) is 19.8. The van der Waals surface area contributed by atoms with Crippen molar-refractivity contribution in [3.63, 3.8) is 0 Å². The van der Waals surface area contributed by atoms with Gasteiger partial charge >= 0.3 is 0 Å². The lowest BCUT2D eigenvalue weighted by Gasteiger charge is -2.48. The zero-order valence-electron chi connectivity index (χ0n) is 18.1. The molecule has 1 aromatic heterocycles. The van der Waals surface area contributed by atoms with Gasteiger partial charge in [-0.1, -0.05) is 0 Å². The molecule has 0 radical (unpaired) electrons. The lowest BCUT2D eigenvalue weighted by atomic mass is 10.0. The molecule has 0 spiro atoms. The van der Waals surface area contributed by atoms with Crippen LogP contribution in [0.15, 0.2) is 42.7 Å². The van der Waals surface area contributed by atoms with Crippen LogP contribution in [0.5, 0.6) is 0 Å². The first-order valence-corrected chi connectivity index (χ1v) is 10.8. The first kappa shape index (κ1) is 20.8. The van der Waals surface area contributed by atoms with Crippen LogP contribution in [0.1, 0.15) is 13.9 Å². The SMILES string of the molecule is Cc1cc(Nc2ncn(-c3cc(F)cc(F)c3)n2)cc(N2CC(N3CCO[C@@H](C)C3)C2)c1.[HH]. The number of hydrogen-bond acceptors (Lipinski definition) is 6. The molecule has 1 N–H and O–H groups in total. The molecule has 3 aromatic rings. The van der Waals surface area contributed by atoms with E-state index in [0.717, 1.165) is 55.8 Å². The summed E-state index contributed by atoms with van der Waals surface area (Å²) in [5, 5.41) is 7.51. The maximum Gasteiger partial charge on any atom is 0.246 e. The van der Waals surface area contributed by atoms with E-state index in [-0.39, 0.29) is 7.11 Å². The summed E-state index contributed by atoms with van der Waals surface area (Å²) in [5.41, 5.74) is 3.42. The number of rotatable bonds is 5. The molecule has 0 amide bonds. The number of halogens is 2. The summed E-state index contributed by atoms with van der Waals surface area (Å²) in [6.07, 6.45) is 1.72. The average molecular weight is 443 g/mol. The van der Waals surface area contributed by atoms with Crippen molar-refractivity contribution in [1.82, 2.24) is 19.7 Å². The molecular formula is C23H28F2N6O. The van der Waals surface area contributed by atoms with Crippen LogP contribution in [-0.2, 0) is 4.74 Å². The third-order valence-corrected chi connectivity index (χ3v) is 5.94. The van der Waals surface area contributed by atoms with Gasteiger partial charge in [-0.2, -0.15) is 4.98 Å². The predicted octanol–water partition coefficient (Wildman–Crippen LogP) is 3.75. The largest absolute Gasteiger partial charge is 0.376 e. The molecule has 2 aromatic carbocycles. The Labute approximate surface area is 187 Å². The molecule has 1 atom stereocenters. The number of nitrogens with one attached hydrogen (secondary N) is 1. The lowest BCUT2D eigenvalue weighted by Crippen LogP contribution is -2.62. The third-order valence-electron chi connectivity index (χ3n) is 5.94. The Morgan fingerprint density at radius 3 is 2.56 bits per heavy atom. The molecule has 9 heteroatoms. The zero-order valence-corrected chi connectivity index (χ0v) is 18.1. The maximum absolute atomic E-state index is 13.5. The fourth-order valence-electron chi connectivity index (χ4n) is 4.34. The second kappa shape index (κ2) is 8.48. The second-order valence-electron chi connectivity index (χ2n) is 8.56. The Hall–Kier alpha value is -3.04. The number of hydrogen-bond donors (Lipinski definition) is 1. The van der Waals surface area contributed by atoms with E-state index < -0.39 is 11.6 Å². The van der Waals surface area contributed by atoms with Gasteiger partial charge in [0.1, 0.15) is 18.0 Å². The van der Waals surface area contributed by atoms with E-state index in [1.165, 1.54) is 23.1 Å². The molecule has 170 valence electrons. The molecule has 0 aliphatic carbocycles. The van der Waals surface area contributed by atoms with Gasteiger partial charge in [0.15, 0.2) is 0 Å². The second-order valence-corrected chi connectivity index (χ2v) is 8.56. The maximum atomic E-state index is 13.5. The van der Waals surface area contributed by atoms with Crippen LogP contribution < -0.4 is 10.2 Å². The van der Waals surface area contributed by atoms with Crippen LogP contribution >= 0.6 is 0 Å². The summed E-state index contributed by atoms with van der Waals surface area (Å²) in [6.45, 7) is 8.95. The van der Waals surface area contributed by atoms with Crippen LogP contribution in [0.4, 0.5) is 26.1 Å². The van der Waals surface area contributed by atoms with Gasteiger partial charge in [0.05, 0.1) is 18.4 Å². The topological polar surface area (TPSA) is 58.5 Å². The fourth-order valence-corrected chi connectivity index (χ4v) is 4.34. The Bertz CT molecular complexity index is 1100. The summed E-state index contributed by atoms with van der Waals surface area (Å²) < 4.78 is 34.0. The van der Waals surface area contributed by atoms with Crippen molar-refractivity contribution in [1.29, 1.82) is 0 Å². The summed E-state index contributed by atoms with van der Waals surface area (Å²) in [5.74, 6) is -0.963. The summed E-state index contributed by atoms with van der Waals surface area (Å²) in [4.78, 5) is 9.11.